The van der Waals surface area contributed by atoms with Crippen molar-refractivity contribution in [2.75, 3.05) is 14.2 Å². The third-order valence-corrected chi connectivity index (χ3v) is 26.9. The highest BCUT2D eigenvalue weighted by Gasteiger charge is 2.45. The molecule has 1 saturated carbocycles. The van der Waals surface area contributed by atoms with Gasteiger partial charge in [0, 0.05) is 0 Å². The Hall–Kier alpha value is -1.57. The van der Waals surface area contributed by atoms with Crippen LogP contribution in [-0.2, 0) is 21.1 Å². The maximum absolute atomic E-state index is 9.95. The molecule has 3 rings (SSSR count). The molecule has 0 aliphatic heterocycles. The van der Waals surface area contributed by atoms with Gasteiger partial charge in [0.25, 0.3) is 0 Å². The van der Waals surface area contributed by atoms with E-state index in [0.29, 0.717) is 23.0 Å². The van der Waals surface area contributed by atoms with Crippen molar-refractivity contribution in [2.45, 2.75) is 135 Å². The third kappa shape index (κ3) is 12.3. The monoisotopic (exact) mass is 732 g/mol. The van der Waals surface area contributed by atoms with E-state index >= 15 is 0 Å². The van der Waals surface area contributed by atoms with E-state index in [0.717, 1.165) is 49.6 Å². The Kier molecular flexibility index (Phi) is 14.5. The molecule has 4 atom stereocenters. The Morgan fingerprint density at radius 2 is 1.19 bits per heavy atom. The summed E-state index contributed by atoms with van der Waals surface area (Å²) in [6.07, 6.45) is 8.11. The van der Waals surface area contributed by atoms with Gasteiger partial charge in [-0.2, -0.15) is 0 Å². The first-order valence-electron chi connectivity index (χ1n) is 18.4. The Balaban J connectivity index is 1.52. The van der Waals surface area contributed by atoms with Gasteiger partial charge in [-0.1, -0.05) is 32.4 Å². The second kappa shape index (κ2) is 17.1. The smallest absolute Gasteiger partial charge is 0.176 e. The highest BCUT2D eigenvalue weighted by molar-refractivity contribution is 6.86. The zero-order valence-corrected chi connectivity index (χ0v) is 36.4. The topological polar surface area (TPSA) is 77.4 Å². The largest absolute Gasteiger partial charge is 0.504 e. The van der Waals surface area contributed by atoms with E-state index in [2.05, 4.69) is 66.2 Å². The number of hydrogen-bond acceptors (Lipinski definition) is 6. The maximum atomic E-state index is 9.95. The summed E-state index contributed by atoms with van der Waals surface area (Å²) < 4.78 is 25.1. The summed E-state index contributed by atoms with van der Waals surface area (Å²) in [4.78, 5) is 0. The van der Waals surface area contributed by atoms with Crippen LogP contribution in [0.3, 0.4) is 0 Å². The predicted octanol–water partition coefficient (Wildman–Crippen LogP) is 11.0. The van der Waals surface area contributed by atoms with E-state index in [1.807, 2.05) is 24.3 Å². The number of methoxy groups -OCH3 is 2. The van der Waals surface area contributed by atoms with Gasteiger partial charge in [-0.05, 0) is 168 Å². The lowest BCUT2D eigenvalue weighted by Gasteiger charge is -2.47. The molecule has 0 saturated heterocycles. The summed E-state index contributed by atoms with van der Waals surface area (Å²) in [5.41, 5.74) is 3.11. The molecular formula is C38H68O6Si4. The van der Waals surface area contributed by atoms with E-state index < -0.39 is 33.3 Å². The van der Waals surface area contributed by atoms with Crippen molar-refractivity contribution in [3.8, 4) is 23.0 Å². The van der Waals surface area contributed by atoms with Crippen molar-refractivity contribution in [3.63, 3.8) is 0 Å². The number of ether oxygens (including phenoxy) is 2. The van der Waals surface area contributed by atoms with Gasteiger partial charge in [0.2, 0.25) is 0 Å². The van der Waals surface area contributed by atoms with Crippen molar-refractivity contribution in [1.82, 2.24) is 0 Å². The molecule has 0 bridgehead atoms. The molecule has 1 aliphatic rings. The molecule has 1 fully saturated rings. The lowest BCUT2D eigenvalue weighted by atomic mass is 9.77. The Morgan fingerprint density at radius 1 is 0.708 bits per heavy atom. The van der Waals surface area contributed by atoms with E-state index in [1.165, 1.54) is 36.4 Å². The molecule has 0 spiro atoms. The molecule has 2 aromatic carbocycles. The van der Waals surface area contributed by atoms with Gasteiger partial charge in [0.15, 0.2) is 56.3 Å². The molecule has 4 unspecified atom stereocenters. The fourth-order valence-electron chi connectivity index (χ4n) is 8.65. The molecule has 48 heavy (non-hydrogen) atoms. The van der Waals surface area contributed by atoms with Crippen LogP contribution in [0, 0.1) is 17.8 Å². The van der Waals surface area contributed by atoms with Gasteiger partial charge >= 0.3 is 0 Å². The summed E-state index contributed by atoms with van der Waals surface area (Å²) in [6, 6.07) is 14.9. The minimum atomic E-state index is -1.92. The van der Waals surface area contributed by atoms with Crippen molar-refractivity contribution in [2.24, 2.45) is 17.8 Å². The number of benzene rings is 2. The summed E-state index contributed by atoms with van der Waals surface area (Å²) in [5, 5.41) is 19.9. The molecule has 2 N–H and O–H groups in total. The predicted molar refractivity (Wildman–Crippen MR) is 212 cm³/mol. The highest BCUT2D eigenvalue weighted by Crippen LogP contribution is 2.48. The third-order valence-electron chi connectivity index (χ3n) is 10.8. The molecule has 2 aromatic rings. The van der Waals surface area contributed by atoms with Gasteiger partial charge < -0.3 is 27.9 Å². The van der Waals surface area contributed by atoms with Gasteiger partial charge in [-0.3, -0.25) is 0 Å². The second-order valence-corrected chi connectivity index (χ2v) is 34.7. The van der Waals surface area contributed by atoms with Crippen molar-refractivity contribution < 1.29 is 27.9 Å². The highest BCUT2D eigenvalue weighted by atomic mass is 28.4. The number of rotatable bonds is 18. The molecule has 1 aliphatic carbocycles. The van der Waals surface area contributed by atoms with Crippen LogP contribution in [0.25, 0.3) is 0 Å². The molecule has 10 heteroatoms. The Morgan fingerprint density at radius 3 is 1.67 bits per heavy atom. The van der Waals surface area contributed by atoms with Crippen LogP contribution in [0.15, 0.2) is 36.4 Å². The molecular weight excluding hydrogens is 665 g/mol. The molecule has 0 aromatic heterocycles. The average Bonchev–Trinajstić information content (AvgIpc) is 2.97. The number of phenols is 2. The number of hydrogen-bond donors (Lipinski definition) is 2. The van der Waals surface area contributed by atoms with Crippen LogP contribution in [0.2, 0.25) is 76.0 Å². The zero-order valence-electron chi connectivity index (χ0n) is 32.4. The van der Waals surface area contributed by atoms with Crippen molar-refractivity contribution in [3.05, 3.63) is 47.5 Å². The summed E-state index contributed by atoms with van der Waals surface area (Å²) in [7, 11) is -4.19. The zero-order chi connectivity index (χ0) is 35.9. The van der Waals surface area contributed by atoms with Crippen LogP contribution >= 0.6 is 0 Å². The first-order chi connectivity index (χ1) is 22.3. The van der Waals surface area contributed by atoms with Gasteiger partial charge in [0.1, 0.15) is 0 Å². The summed E-state index contributed by atoms with van der Waals surface area (Å²) >= 11 is 0. The van der Waals surface area contributed by atoms with E-state index in [4.69, 9.17) is 17.7 Å². The Labute approximate surface area is 297 Å². The van der Waals surface area contributed by atoms with E-state index in [1.54, 1.807) is 26.4 Å². The molecule has 6 nitrogen and oxygen atoms in total. The van der Waals surface area contributed by atoms with Gasteiger partial charge in [0.05, 0.1) is 14.2 Å². The lowest BCUT2D eigenvalue weighted by molar-refractivity contribution is 0.218. The van der Waals surface area contributed by atoms with E-state index in [-0.39, 0.29) is 11.5 Å². The van der Waals surface area contributed by atoms with Gasteiger partial charge in [-0.15, -0.1) is 0 Å². The van der Waals surface area contributed by atoms with Crippen LogP contribution in [0.5, 0.6) is 23.0 Å². The molecule has 272 valence electrons. The summed E-state index contributed by atoms with van der Waals surface area (Å²) in [6.45, 7) is 24.6. The van der Waals surface area contributed by atoms with Crippen LogP contribution in [-0.4, -0.2) is 57.7 Å². The first kappa shape index (κ1) is 40.9. The average molecular weight is 733 g/mol. The first-order valence-corrected chi connectivity index (χ1v) is 30.7. The van der Waals surface area contributed by atoms with Crippen LogP contribution < -0.4 is 9.47 Å². The fraction of sp³-hybridized carbons (Fsp3) is 0.684. The van der Waals surface area contributed by atoms with Crippen molar-refractivity contribution >= 4 is 33.3 Å². The van der Waals surface area contributed by atoms with Gasteiger partial charge in [-0.25, -0.2) is 0 Å². The van der Waals surface area contributed by atoms with Crippen LogP contribution in [0.4, 0.5) is 0 Å². The number of phenolic OH excluding ortho intramolecular Hbond substituents is 2. The SMILES string of the molecule is COc1cc(CCC[Si](C)(C)O[Si](C)(C)CC(C)C2CCC(C)C([Si](C)(C)O[Si](C)(C)CCCc3ccc(O)c(OC)c3)C2)ccc1O. The van der Waals surface area contributed by atoms with Crippen molar-refractivity contribution in [1.29, 1.82) is 0 Å². The molecule has 0 amide bonds. The second-order valence-electron chi connectivity index (χ2n) is 17.1. The minimum Gasteiger partial charge on any atom is -0.504 e. The maximum Gasteiger partial charge on any atom is 0.176 e. The quantitative estimate of drug-likeness (QED) is 0.149. The normalized spacial score (nSPS) is 20.0. The molecule has 0 radical (unpaired) electrons. The minimum absolute atomic E-state index is 0.198. The number of aromatic hydroxyl groups is 2. The fourth-order valence-corrected chi connectivity index (χ4v) is 28.4. The summed E-state index contributed by atoms with van der Waals surface area (Å²) in [5.74, 6) is 3.65. The van der Waals surface area contributed by atoms with E-state index in [9.17, 15) is 10.2 Å². The van der Waals surface area contributed by atoms with Crippen LogP contribution in [0.1, 0.15) is 57.1 Å². The standard InChI is InChI=1S/C38H68O6Si4/c1-29-17-20-33(27-38(29)48(11,12)44-46(7,8)24-14-16-32-19-22-35(40)37(26-32)42-4)30(2)28-47(9,10)43-45(5,6)23-13-15-31-18-21-34(39)36(25-31)41-3/h18-19,21-22,25-26,29-30,33,38-40H,13-17,20,23-24,27-28H2,1-12H3. The molecule has 0 heterocycles. The number of aryl methyl sites for hydroxylation is 2. The lowest BCUT2D eigenvalue weighted by Crippen LogP contribution is -2.50. The Bertz CT molecular complexity index is 1310.